The summed E-state index contributed by atoms with van der Waals surface area (Å²) >= 11 is 0. The Morgan fingerprint density at radius 1 is 1.18 bits per heavy atom. The number of nitrogens with zero attached hydrogens (tertiary/aromatic N) is 3. The molecule has 0 saturated carbocycles. The molecule has 2 heterocycles. The van der Waals surface area contributed by atoms with Crippen LogP contribution in [0.2, 0.25) is 0 Å². The molecule has 28 heavy (non-hydrogen) atoms. The number of hydrogen-bond donors (Lipinski definition) is 0. The van der Waals surface area contributed by atoms with Gasteiger partial charge in [0.2, 0.25) is 0 Å². The van der Waals surface area contributed by atoms with Crippen molar-refractivity contribution in [1.82, 2.24) is 9.55 Å². The van der Waals surface area contributed by atoms with Crippen LogP contribution >= 0.6 is 0 Å². The van der Waals surface area contributed by atoms with Crippen LogP contribution in [0.15, 0.2) is 47.3 Å². The molecule has 144 valence electrons. The highest BCUT2D eigenvalue weighted by Crippen LogP contribution is 2.22. The summed E-state index contributed by atoms with van der Waals surface area (Å²) in [5.41, 5.74) is 1.10. The summed E-state index contributed by atoms with van der Waals surface area (Å²) in [6.45, 7) is 2.82. The number of carbonyl (C=O) groups excluding carboxylic acids is 1. The fourth-order valence-corrected chi connectivity index (χ4v) is 3.80. The number of amides is 1. The number of rotatable bonds is 3. The minimum Gasteiger partial charge on any atom is -0.306 e. The second-order valence-corrected chi connectivity index (χ2v) is 7.03. The first kappa shape index (κ1) is 18.3. The van der Waals surface area contributed by atoms with Crippen LogP contribution in [0.5, 0.6) is 0 Å². The molecule has 0 bridgehead atoms. The lowest BCUT2D eigenvalue weighted by atomic mass is 10.1. The van der Waals surface area contributed by atoms with Crippen molar-refractivity contribution >= 4 is 22.5 Å². The molecule has 1 amide bonds. The van der Waals surface area contributed by atoms with Gasteiger partial charge in [0.25, 0.3) is 11.5 Å². The van der Waals surface area contributed by atoms with Crippen molar-refractivity contribution in [2.75, 3.05) is 11.4 Å². The van der Waals surface area contributed by atoms with Gasteiger partial charge in [-0.05, 0) is 50.1 Å². The Labute approximate surface area is 162 Å². The van der Waals surface area contributed by atoms with Gasteiger partial charge in [0, 0.05) is 25.1 Å². The van der Waals surface area contributed by atoms with Gasteiger partial charge < -0.3 is 4.90 Å². The van der Waals surface area contributed by atoms with Crippen molar-refractivity contribution in [2.45, 2.75) is 39.2 Å². The first-order valence-corrected chi connectivity index (χ1v) is 9.70. The summed E-state index contributed by atoms with van der Waals surface area (Å²) in [5.74, 6) is 0.0209. The highest BCUT2D eigenvalue weighted by Gasteiger charge is 2.20. The zero-order valence-corrected chi connectivity index (χ0v) is 15.8. The maximum Gasteiger partial charge on any atom is 0.261 e. The van der Waals surface area contributed by atoms with Crippen LogP contribution in [0.3, 0.4) is 0 Å². The van der Waals surface area contributed by atoms with E-state index >= 15 is 0 Å². The molecule has 6 heteroatoms. The number of hydrogen-bond acceptors (Lipinski definition) is 3. The van der Waals surface area contributed by atoms with Gasteiger partial charge in [-0.2, -0.15) is 0 Å². The summed E-state index contributed by atoms with van der Waals surface area (Å²) in [5, 5.41) is 0.510. The first-order chi connectivity index (χ1) is 13.6. The molecular weight excluding hydrogens is 357 g/mol. The lowest BCUT2D eigenvalue weighted by Gasteiger charge is -2.21. The monoisotopic (exact) mass is 379 g/mol. The molecule has 5 nitrogen and oxygen atoms in total. The standard InChI is InChI=1S/C22H22FN3O2/c1-2-25(19-9-6-5-8-17(19)23)21(27)15-11-12-16-18(14-15)24-20-10-4-3-7-13-26(20)22(16)28/h5-6,8-9,11-12,14H,2-4,7,10,13H2,1H3. The van der Waals surface area contributed by atoms with Gasteiger partial charge in [0.05, 0.1) is 16.6 Å². The number of aryl methyl sites for hydroxylation is 1. The number of halogens is 1. The Morgan fingerprint density at radius 2 is 2.00 bits per heavy atom. The van der Waals surface area contributed by atoms with Crippen LogP contribution in [0.1, 0.15) is 42.4 Å². The van der Waals surface area contributed by atoms with Crippen LogP contribution in [-0.4, -0.2) is 22.0 Å². The predicted molar refractivity (Wildman–Crippen MR) is 107 cm³/mol. The van der Waals surface area contributed by atoms with Crippen molar-refractivity contribution in [2.24, 2.45) is 0 Å². The Morgan fingerprint density at radius 3 is 2.79 bits per heavy atom. The SMILES string of the molecule is CCN(C(=O)c1ccc2c(=O)n3c(nc2c1)CCCCC3)c1ccccc1F. The highest BCUT2D eigenvalue weighted by molar-refractivity contribution is 6.07. The highest BCUT2D eigenvalue weighted by atomic mass is 19.1. The smallest absolute Gasteiger partial charge is 0.261 e. The number of fused-ring (bicyclic) bond motifs is 2. The normalized spacial score (nSPS) is 13.8. The van der Waals surface area contributed by atoms with Crippen LogP contribution in [0, 0.1) is 5.82 Å². The Hall–Kier alpha value is -3.02. The second kappa shape index (κ2) is 7.54. The summed E-state index contributed by atoms with van der Waals surface area (Å²) in [6.07, 6.45) is 3.83. The maximum atomic E-state index is 14.2. The van der Waals surface area contributed by atoms with Gasteiger partial charge >= 0.3 is 0 Å². The number of para-hydroxylation sites is 1. The van der Waals surface area contributed by atoms with Crippen molar-refractivity contribution in [1.29, 1.82) is 0 Å². The van der Waals surface area contributed by atoms with Crippen LogP contribution in [-0.2, 0) is 13.0 Å². The van der Waals surface area contributed by atoms with Gasteiger partial charge in [-0.15, -0.1) is 0 Å². The number of carbonyl (C=O) groups is 1. The van der Waals surface area contributed by atoms with Crippen LogP contribution < -0.4 is 10.5 Å². The van der Waals surface area contributed by atoms with E-state index in [9.17, 15) is 14.0 Å². The Bertz CT molecular complexity index is 1110. The molecule has 0 aliphatic carbocycles. The van der Waals surface area contributed by atoms with E-state index in [1.165, 1.54) is 11.0 Å². The van der Waals surface area contributed by atoms with Gasteiger partial charge in [-0.3, -0.25) is 14.2 Å². The van der Waals surface area contributed by atoms with Crippen LogP contribution in [0.25, 0.3) is 10.9 Å². The molecule has 0 unspecified atom stereocenters. The van der Waals surface area contributed by atoms with E-state index in [-0.39, 0.29) is 17.2 Å². The minimum atomic E-state index is -0.444. The van der Waals surface area contributed by atoms with E-state index in [1.807, 2.05) is 0 Å². The third-order valence-corrected chi connectivity index (χ3v) is 5.27. The molecule has 0 N–H and O–H groups in total. The molecule has 2 aromatic carbocycles. The fourth-order valence-electron chi connectivity index (χ4n) is 3.80. The zero-order chi connectivity index (χ0) is 19.7. The number of benzene rings is 2. The summed E-state index contributed by atoms with van der Waals surface area (Å²) < 4.78 is 15.9. The average Bonchev–Trinajstić information content (AvgIpc) is 2.95. The molecule has 3 aromatic rings. The van der Waals surface area contributed by atoms with E-state index < -0.39 is 5.82 Å². The molecule has 0 spiro atoms. The third-order valence-electron chi connectivity index (χ3n) is 5.27. The molecule has 1 aliphatic heterocycles. The van der Waals surface area contributed by atoms with E-state index in [0.717, 1.165) is 31.5 Å². The molecule has 4 rings (SSSR count). The Balaban J connectivity index is 1.78. The van der Waals surface area contributed by atoms with Crippen molar-refractivity contribution in [3.05, 3.63) is 70.0 Å². The largest absolute Gasteiger partial charge is 0.306 e. The quantitative estimate of drug-likeness (QED) is 0.693. The Kier molecular flexibility index (Phi) is 4.94. The molecule has 0 radical (unpaired) electrons. The van der Waals surface area contributed by atoms with Gasteiger partial charge in [0.1, 0.15) is 11.6 Å². The summed E-state index contributed by atoms with van der Waals surface area (Å²) in [4.78, 5) is 32.0. The van der Waals surface area contributed by atoms with Crippen molar-refractivity contribution < 1.29 is 9.18 Å². The van der Waals surface area contributed by atoms with Gasteiger partial charge in [0.15, 0.2) is 0 Å². The lowest BCUT2D eigenvalue weighted by molar-refractivity contribution is 0.0987. The maximum absolute atomic E-state index is 14.2. The first-order valence-electron chi connectivity index (χ1n) is 9.70. The number of anilines is 1. The molecule has 0 saturated heterocycles. The zero-order valence-electron chi connectivity index (χ0n) is 15.8. The van der Waals surface area contributed by atoms with E-state index in [4.69, 9.17) is 0 Å². The average molecular weight is 379 g/mol. The van der Waals surface area contributed by atoms with Gasteiger partial charge in [-0.25, -0.2) is 9.37 Å². The predicted octanol–water partition coefficient (Wildman–Crippen LogP) is 3.93. The topological polar surface area (TPSA) is 55.2 Å². The van der Waals surface area contributed by atoms with E-state index in [1.54, 1.807) is 47.9 Å². The molecule has 0 atom stereocenters. The molecule has 1 aliphatic rings. The van der Waals surface area contributed by atoms with Crippen molar-refractivity contribution in [3.8, 4) is 0 Å². The molecule has 0 fully saturated rings. The summed E-state index contributed by atoms with van der Waals surface area (Å²) in [6, 6.07) is 11.1. The van der Waals surface area contributed by atoms with Crippen molar-refractivity contribution in [3.63, 3.8) is 0 Å². The summed E-state index contributed by atoms with van der Waals surface area (Å²) in [7, 11) is 0. The van der Waals surface area contributed by atoms with E-state index in [0.29, 0.717) is 29.6 Å². The van der Waals surface area contributed by atoms with Gasteiger partial charge in [-0.1, -0.05) is 18.6 Å². The third kappa shape index (κ3) is 3.19. The lowest BCUT2D eigenvalue weighted by Crippen LogP contribution is -2.31. The van der Waals surface area contributed by atoms with E-state index in [2.05, 4.69) is 4.98 Å². The van der Waals surface area contributed by atoms with Crippen LogP contribution in [0.4, 0.5) is 10.1 Å². The molecule has 1 aromatic heterocycles. The number of aromatic nitrogens is 2. The minimum absolute atomic E-state index is 0.0534. The second-order valence-electron chi connectivity index (χ2n) is 7.03. The molecular formula is C22H22FN3O2. The fraction of sp³-hybridized carbons (Fsp3) is 0.318.